The minimum absolute atomic E-state index is 0.0285. The smallest absolute Gasteiger partial charge is 0.236 e. The second-order valence-electron chi connectivity index (χ2n) is 6.39. The number of aromatic nitrogens is 2. The van der Waals surface area contributed by atoms with Crippen LogP contribution in [0.5, 0.6) is 0 Å². The highest BCUT2D eigenvalue weighted by atomic mass is 16.5. The van der Waals surface area contributed by atoms with E-state index in [2.05, 4.69) is 15.3 Å². The highest BCUT2D eigenvalue weighted by molar-refractivity contribution is 6.23. The number of aldehydes is 1. The molecule has 0 spiro atoms. The molecule has 0 radical (unpaired) electrons. The summed E-state index contributed by atoms with van der Waals surface area (Å²) in [5.74, 6) is -0.212. The number of nitrogens with one attached hydrogen (secondary N) is 2. The Morgan fingerprint density at radius 3 is 2.85 bits per heavy atom. The molecule has 3 aromatic rings. The quantitative estimate of drug-likeness (QED) is 0.422. The van der Waals surface area contributed by atoms with Gasteiger partial charge in [-0.3, -0.25) is 9.59 Å². The molecule has 0 saturated heterocycles. The number of ketones is 1. The Bertz CT molecular complexity index is 1140. The van der Waals surface area contributed by atoms with Gasteiger partial charge in [0, 0.05) is 29.0 Å². The Labute approximate surface area is 155 Å². The fraction of sp³-hybridized carbons (Fsp3) is 0.0952. The molecular formula is C21H17N3O3. The molecular weight excluding hydrogens is 342 g/mol. The van der Waals surface area contributed by atoms with E-state index in [1.54, 1.807) is 18.5 Å². The summed E-state index contributed by atoms with van der Waals surface area (Å²) in [6.07, 6.45) is 5.57. The lowest BCUT2D eigenvalue weighted by atomic mass is 10.1. The third kappa shape index (κ3) is 3.01. The van der Waals surface area contributed by atoms with Crippen molar-refractivity contribution in [3.05, 3.63) is 76.6 Å². The van der Waals surface area contributed by atoms with Gasteiger partial charge in [0.25, 0.3) is 0 Å². The summed E-state index contributed by atoms with van der Waals surface area (Å²) >= 11 is 0. The van der Waals surface area contributed by atoms with Gasteiger partial charge in [-0.25, -0.2) is 4.98 Å². The molecule has 1 aliphatic heterocycles. The number of carbonyl (C=O) groups excluding carboxylic acids is 2. The zero-order valence-corrected chi connectivity index (χ0v) is 14.9. The van der Waals surface area contributed by atoms with E-state index in [1.807, 2.05) is 44.2 Å². The first kappa shape index (κ1) is 16.8. The molecule has 6 nitrogen and oxygen atoms in total. The van der Waals surface area contributed by atoms with Crippen LogP contribution in [-0.2, 0) is 14.3 Å². The van der Waals surface area contributed by atoms with Crippen LogP contribution in [0, 0.1) is 13.8 Å². The van der Waals surface area contributed by atoms with E-state index in [1.165, 1.54) is 0 Å². The summed E-state index contributed by atoms with van der Waals surface area (Å²) in [6.45, 7) is 3.95. The molecule has 0 saturated carbocycles. The number of hydrogen-bond acceptors (Lipinski definition) is 5. The van der Waals surface area contributed by atoms with Crippen LogP contribution >= 0.6 is 0 Å². The molecule has 2 N–H and O–H groups in total. The molecule has 0 atom stereocenters. The molecule has 0 fully saturated rings. The summed E-state index contributed by atoms with van der Waals surface area (Å²) in [6, 6.07) is 9.56. The Morgan fingerprint density at radius 1 is 1.22 bits per heavy atom. The molecule has 0 amide bonds. The van der Waals surface area contributed by atoms with Crippen LogP contribution in [0.2, 0.25) is 0 Å². The number of pyridine rings is 1. The molecule has 1 aromatic carbocycles. The van der Waals surface area contributed by atoms with Gasteiger partial charge in [0.2, 0.25) is 11.7 Å². The largest absolute Gasteiger partial charge is 0.436 e. The van der Waals surface area contributed by atoms with Gasteiger partial charge in [-0.15, -0.1) is 0 Å². The Hall–Kier alpha value is -3.67. The molecule has 3 heterocycles. The van der Waals surface area contributed by atoms with Crippen molar-refractivity contribution in [3.63, 3.8) is 0 Å². The van der Waals surface area contributed by atoms with E-state index < -0.39 is 5.78 Å². The lowest BCUT2D eigenvalue weighted by Gasteiger charge is -2.11. The van der Waals surface area contributed by atoms with Crippen LogP contribution in [0.4, 0.5) is 5.69 Å². The van der Waals surface area contributed by atoms with Gasteiger partial charge >= 0.3 is 0 Å². The second kappa shape index (κ2) is 6.57. The predicted octanol–water partition coefficient (Wildman–Crippen LogP) is 3.64. The van der Waals surface area contributed by atoms with Crippen LogP contribution in [0.3, 0.4) is 0 Å². The van der Waals surface area contributed by atoms with Crippen molar-refractivity contribution >= 4 is 34.9 Å². The Balaban J connectivity index is 1.67. The molecule has 134 valence electrons. The van der Waals surface area contributed by atoms with Crippen LogP contribution in [0.25, 0.3) is 17.1 Å². The number of nitrogens with zero attached hydrogens (tertiary/aromatic N) is 1. The summed E-state index contributed by atoms with van der Waals surface area (Å²) in [4.78, 5) is 31.3. The maximum absolute atomic E-state index is 12.6. The zero-order chi connectivity index (χ0) is 19.0. The monoisotopic (exact) mass is 359 g/mol. The first-order valence-electron chi connectivity index (χ1n) is 8.47. The number of allylic oxidation sites excluding steroid dienone is 1. The number of carbonyl (C=O) groups is 2. The maximum atomic E-state index is 12.6. The first-order valence-corrected chi connectivity index (χ1v) is 8.47. The number of ether oxygens (including phenoxy) is 1. The third-order valence-corrected chi connectivity index (χ3v) is 4.44. The molecule has 6 heteroatoms. The number of benzene rings is 1. The lowest BCUT2D eigenvalue weighted by molar-refractivity contribution is -0.115. The highest BCUT2D eigenvalue weighted by Crippen LogP contribution is 2.29. The van der Waals surface area contributed by atoms with Gasteiger partial charge < -0.3 is 15.0 Å². The van der Waals surface area contributed by atoms with Crippen molar-refractivity contribution in [2.24, 2.45) is 0 Å². The van der Waals surface area contributed by atoms with E-state index in [9.17, 15) is 9.59 Å². The number of rotatable bonds is 4. The van der Waals surface area contributed by atoms with Gasteiger partial charge in [0.05, 0.1) is 0 Å². The average Bonchev–Trinajstić information content (AvgIpc) is 3.19. The van der Waals surface area contributed by atoms with Crippen molar-refractivity contribution in [2.75, 3.05) is 5.32 Å². The number of H-pyrrole nitrogens is 1. The standard InChI is InChI=1S/C21H17N3O3/c1-12-5-6-17(13(2)8-12)24-21-16(11-25)19(26)18(27-21)9-14-10-23-20-15(14)4-3-7-22-20/h3-11,24H,1-2H3,(H,22,23)/b18-9-. The van der Waals surface area contributed by atoms with Crippen LogP contribution in [0.1, 0.15) is 16.7 Å². The molecule has 0 aliphatic carbocycles. The van der Waals surface area contributed by atoms with Crippen LogP contribution in [0.15, 0.2) is 59.9 Å². The van der Waals surface area contributed by atoms with Crippen molar-refractivity contribution in [1.29, 1.82) is 0 Å². The molecule has 2 aromatic heterocycles. The Morgan fingerprint density at radius 2 is 2.07 bits per heavy atom. The van der Waals surface area contributed by atoms with Gasteiger partial charge in [0.1, 0.15) is 11.2 Å². The summed E-state index contributed by atoms with van der Waals surface area (Å²) in [5, 5.41) is 3.92. The van der Waals surface area contributed by atoms with E-state index >= 15 is 0 Å². The lowest BCUT2D eigenvalue weighted by Crippen LogP contribution is -2.04. The van der Waals surface area contributed by atoms with E-state index in [0.717, 1.165) is 27.8 Å². The SMILES string of the molecule is Cc1ccc(NC2=C(C=O)C(=O)/C(=C/c3c[nH]c4ncccc34)O2)c(C)c1. The number of anilines is 1. The molecule has 0 bridgehead atoms. The predicted molar refractivity (Wildman–Crippen MR) is 103 cm³/mol. The number of aromatic amines is 1. The van der Waals surface area contributed by atoms with Gasteiger partial charge in [-0.2, -0.15) is 0 Å². The number of hydrogen-bond donors (Lipinski definition) is 2. The number of Topliss-reactive ketones (excluding diaryl/α,β-unsaturated/α-hetero) is 1. The van der Waals surface area contributed by atoms with E-state index in [0.29, 0.717) is 11.9 Å². The maximum Gasteiger partial charge on any atom is 0.236 e. The zero-order valence-electron chi connectivity index (χ0n) is 14.9. The summed E-state index contributed by atoms with van der Waals surface area (Å²) in [5.41, 5.74) is 4.34. The number of fused-ring (bicyclic) bond motifs is 1. The van der Waals surface area contributed by atoms with Gasteiger partial charge in [0.15, 0.2) is 12.0 Å². The van der Waals surface area contributed by atoms with Gasteiger partial charge in [-0.1, -0.05) is 17.7 Å². The summed E-state index contributed by atoms with van der Waals surface area (Å²) in [7, 11) is 0. The van der Waals surface area contributed by atoms with Crippen LogP contribution in [-0.4, -0.2) is 22.0 Å². The summed E-state index contributed by atoms with van der Waals surface area (Å²) < 4.78 is 5.70. The molecule has 27 heavy (non-hydrogen) atoms. The highest BCUT2D eigenvalue weighted by Gasteiger charge is 2.31. The normalized spacial score (nSPS) is 15.5. The van der Waals surface area contributed by atoms with Crippen molar-refractivity contribution < 1.29 is 14.3 Å². The fourth-order valence-electron chi connectivity index (χ4n) is 3.06. The van der Waals surface area contributed by atoms with Crippen molar-refractivity contribution in [1.82, 2.24) is 9.97 Å². The third-order valence-electron chi connectivity index (χ3n) is 4.44. The minimum atomic E-state index is -0.449. The topological polar surface area (TPSA) is 84.1 Å². The minimum Gasteiger partial charge on any atom is -0.436 e. The molecule has 0 unspecified atom stereocenters. The van der Waals surface area contributed by atoms with Gasteiger partial charge in [-0.05, 0) is 43.7 Å². The Kier molecular flexibility index (Phi) is 4.08. The van der Waals surface area contributed by atoms with E-state index in [4.69, 9.17) is 4.74 Å². The number of aryl methyl sites for hydroxylation is 2. The van der Waals surface area contributed by atoms with Crippen molar-refractivity contribution in [3.8, 4) is 0 Å². The molecule has 1 aliphatic rings. The molecule has 4 rings (SSSR count). The fourth-order valence-corrected chi connectivity index (χ4v) is 3.06. The second-order valence-corrected chi connectivity index (χ2v) is 6.39. The average molecular weight is 359 g/mol. The van der Waals surface area contributed by atoms with E-state index in [-0.39, 0.29) is 17.2 Å². The van der Waals surface area contributed by atoms with Crippen molar-refractivity contribution in [2.45, 2.75) is 13.8 Å². The first-order chi connectivity index (χ1) is 13.1. The van der Waals surface area contributed by atoms with Crippen LogP contribution < -0.4 is 5.32 Å².